The number of anilines is 2. The van der Waals surface area contributed by atoms with Gasteiger partial charge in [0.2, 0.25) is 0 Å². The predicted octanol–water partition coefficient (Wildman–Crippen LogP) is 4.44. The molecule has 1 aliphatic rings. The SMILES string of the molecule is O=C(c1ccc(Nc2ccc(F)c(F)c2F)nc1)N1CCc2ccccc2C1. The van der Waals surface area contributed by atoms with E-state index in [0.29, 0.717) is 18.7 Å². The van der Waals surface area contributed by atoms with Crippen molar-refractivity contribution in [1.29, 1.82) is 0 Å². The molecule has 1 N–H and O–H groups in total. The van der Waals surface area contributed by atoms with Crippen LogP contribution in [-0.2, 0) is 13.0 Å². The lowest BCUT2D eigenvalue weighted by molar-refractivity contribution is 0.0734. The summed E-state index contributed by atoms with van der Waals surface area (Å²) in [7, 11) is 0. The van der Waals surface area contributed by atoms with Crippen molar-refractivity contribution >= 4 is 17.4 Å². The van der Waals surface area contributed by atoms with E-state index in [1.807, 2.05) is 18.2 Å². The molecule has 0 radical (unpaired) electrons. The number of amides is 1. The normalized spacial score (nSPS) is 13.2. The maximum absolute atomic E-state index is 13.8. The van der Waals surface area contributed by atoms with Crippen LogP contribution in [0.5, 0.6) is 0 Å². The van der Waals surface area contributed by atoms with Gasteiger partial charge < -0.3 is 10.2 Å². The molecule has 2 aromatic carbocycles. The number of carbonyl (C=O) groups excluding carboxylic acids is 1. The van der Waals surface area contributed by atoms with Gasteiger partial charge in [-0.1, -0.05) is 24.3 Å². The summed E-state index contributed by atoms with van der Waals surface area (Å²) in [6.45, 7) is 1.16. The zero-order chi connectivity index (χ0) is 19.7. The molecule has 2 heterocycles. The van der Waals surface area contributed by atoms with E-state index in [4.69, 9.17) is 0 Å². The monoisotopic (exact) mass is 383 g/mol. The molecule has 142 valence electrons. The Bertz CT molecular complexity index is 1040. The first-order chi connectivity index (χ1) is 13.5. The van der Waals surface area contributed by atoms with Gasteiger partial charge in [-0.25, -0.2) is 18.2 Å². The molecule has 7 heteroatoms. The zero-order valence-corrected chi connectivity index (χ0v) is 14.8. The predicted molar refractivity (Wildman–Crippen MR) is 98.7 cm³/mol. The minimum atomic E-state index is -1.55. The third kappa shape index (κ3) is 3.43. The summed E-state index contributed by atoms with van der Waals surface area (Å²) >= 11 is 0. The number of nitrogens with one attached hydrogen (secondary N) is 1. The Hall–Kier alpha value is -3.35. The van der Waals surface area contributed by atoms with Gasteiger partial charge in [-0.05, 0) is 41.8 Å². The second kappa shape index (κ2) is 7.34. The van der Waals surface area contributed by atoms with Crippen LogP contribution in [0.25, 0.3) is 0 Å². The highest BCUT2D eigenvalue weighted by atomic mass is 19.2. The third-order valence-corrected chi connectivity index (χ3v) is 4.73. The van der Waals surface area contributed by atoms with Crippen LogP contribution >= 0.6 is 0 Å². The average Bonchev–Trinajstić information content (AvgIpc) is 2.74. The van der Waals surface area contributed by atoms with Crippen molar-refractivity contribution in [2.24, 2.45) is 0 Å². The molecule has 4 nitrogen and oxygen atoms in total. The molecule has 4 rings (SSSR count). The molecule has 3 aromatic rings. The number of carbonyl (C=O) groups is 1. The Morgan fingerprint density at radius 3 is 2.50 bits per heavy atom. The van der Waals surface area contributed by atoms with Gasteiger partial charge in [0.15, 0.2) is 17.5 Å². The highest BCUT2D eigenvalue weighted by molar-refractivity contribution is 5.94. The molecule has 0 spiro atoms. The smallest absolute Gasteiger partial charge is 0.255 e. The molecule has 1 amide bonds. The van der Waals surface area contributed by atoms with E-state index >= 15 is 0 Å². The van der Waals surface area contributed by atoms with Crippen molar-refractivity contribution in [3.05, 3.63) is 88.9 Å². The number of hydrogen-bond acceptors (Lipinski definition) is 3. The molecule has 0 unspecified atom stereocenters. The van der Waals surface area contributed by atoms with E-state index in [9.17, 15) is 18.0 Å². The number of rotatable bonds is 3. The maximum Gasteiger partial charge on any atom is 0.255 e. The topological polar surface area (TPSA) is 45.2 Å². The maximum atomic E-state index is 13.8. The average molecular weight is 383 g/mol. The summed E-state index contributed by atoms with van der Waals surface area (Å²) < 4.78 is 40.1. The summed E-state index contributed by atoms with van der Waals surface area (Å²) in [6, 6.07) is 13.0. The van der Waals surface area contributed by atoms with Crippen LogP contribution in [0, 0.1) is 17.5 Å². The number of nitrogens with zero attached hydrogens (tertiary/aromatic N) is 2. The Morgan fingerprint density at radius 2 is 1.75 bits per heavy atom. The highest BCUT2D eigenvalue weighted by Crippen LogP contribution is 2.24. The molecule has 0 saturated carbocycles. The van der Waals surface area contributed by atoms with Gasteiger partial charge in [0.05, 0.1) is 11.3 Å². The molecule has 0 fully saturated rings. The van der Waals surface area contributed by atoms with Gasteiger partial charge in [-0.3, -0.25) is 4.79 Å². The van der Waals surface area contributed by atoms with E-state index in [1.54, 1.807) is 11.0 Å². The number of pyridine rings is 1. The highest BCUT2D eigenvalue weighted by Gasteiger charge is 2.22. The lowest BCUT2D eigenvalue weighted by Crippen LogP contribution is -2.35. The van der Waals surface area contributed by atoms with Crippen LogP contribution in [0.4, 0.5) is 24.7 Å². The second-order valence-electron chi connectivity index (χ2n) is 6.53. The van der Waals surface area contributed by atoms with Crippen molar-refractivity contribution in [3.63, 3.8) is 0 Å². The van der Waals surface area contributed by atoms with E-state index in [2.05, 4.69) is 16.4 Å². The minimum absolute atomic E-state index is 0.146. The Labute approximate surface area is 159 Å². The molecule has 0 saturated heterocycles. The summed E-state index contributed by atoms with van der Waals surface area (Å²) in [5.41, 5.74) is 2.54. The fraction of sp³-hybridized carbons (Fsp3) is 0.143. The van der Waals surface area contributed by atoms with Gasteiger partial charge >= 0.3 is 0 Å². The van der Waals surface area contributed by atoms with Gasteiger partial charge in [0.1, 0.15) is 5.82 Å². The number of halogens is 3. The standard InChI is InChI=1S/C21H16F3N3O/c22-16-6-7-17(20(24)19(16)23)26-18-8-5-14(11-25-18)21(28)27-10-9-13-3-1-2-4-15(13)12-27/h1-8,11H,9-10,12H2,(H,25,26). The Morgan fingerprint density at radius 1 is 0.964 bits per heavy atom. The molecule has 0 bridgehead atoms. The molecule has 1 aliphatic heterocycles. The third-order valence-electron chi connectivity index (χ3n) is 4.73. The van der Waals surface area contributed by atoms with Crippen molar-refractivity contribution < 1.29 is 18.0 Å². The molecule has 0 atom stereocenters. The Kier molecular flexibility index (Phi) is 4.73. The summed E-state index contributed by atoms with van der Waals surface area (Å²) in [5, 5.41) is 2.58. The van der Waals surface area contributed by atoms with E-state index in [-0.39, 0.29) is 17.4 Å². The van der Waals surface area contributed by atoms with Gasteiger partial charge in [-0.15, -0.1) is 0 Å². The van der Waals surface area contributed by atoms with E-state index in [0.717, 1.165) is 24.1 Å². The van der Waals surface area contributed by atoms with Crippen LogP contribution in [0.3, 0.4) is 0 Å². The first-order valence-corrected chi connectivity index (χ1v) is 8.75. The first kappa shape index (κ1) is 18.0. The molecule has 0 aliphatic carbocycles. The quantitative estimate of drug-likeness (QED) is 0.680. The molecular weight excluding hydrogens is 367 g/mol. The molecular formula is C21H16F3N3O. The second-order valence-corrected chi connectivity index (χ2v) is 6.53. The minimum Gasteiger partial charge on any atom is -0.338 e. The van der Waals surface area contributed by atoms with Crippen LogP contribution < -0.4 is 5.32 Å². The van der Waals surface area contributed by atoms with Crippen LogP contribution in [0.1, 0.15) is 21.5 Å². The lowest BCUT2D eigenvalue weighted by atomic mass is 9.99. The number of fused-ring (bicyclic) bond motifs is 1. The van der Waals surface area contributed by atoms with Gasteiger partial charge in [-0.2, -0.15) is 0 Å². The lowest BCUT2D eigenvalue weighted by Gasteiger charge is -2.28. The van der Waals surface area contributed by atoms with Gasteiger partial charge in [0, 0.05) is 19.3 Å². The fourth-order valence-electron chi connectivity index (χ4n) is 3.21. The van der Waals surface area contributed by atoms with Crippen LogP contribution in [-0.4, -0.2) is 22.3 Å². The summed E-state index contributed by atoms with van der Waals surface area (Å²) in [6.07, 6.45) is 2.17. The number of benzene rings is 2. The summed E-state index contributed by atoms with van der Waals surface area (Å²) in [4.78, 5) is 18.6. The van der Waals surface area contributed by atoms with Crippen molar-refractivity contribution in [2.75, 3.05) is 11.9 Å². The van der Waals surface area contributed by atoms with E-state index < -0.39 is 17.5 Å². The number of hydrogen-bond donors (Lipinski definition) is 1. The van der Waals surface area contributed by atoms with Crippen LogP contribution in [0.15, 0.2) is 54.7 Å². The Balaban J connectivity index is 1.48. The largest absolute Gasteiger partial charge is 0.338 e. The van der Waals surface area contributed by atoms with Gasteiger partial charge in [0.25, 0.3) is 5.91 Å². The number of aromatic nitrogens is 1. The van der Waals surface area contributed by atoms with Crippen LogP contribution in [0.2, 0.25) is 0 Å². The van der Waals surface area contributed by atoms with Crippen molar-refractivity contribution in [3.8, 4) is 0 Å². The fourth-order valence-corrected chi connectivity index (χ4v) is 3.21. The van der Waals surface area contributed by atoms with Crippen molar-refractivity contribution in [1.82, 2.24) is 9.88 Å². The molecule has 28 heavy (non-hydrogen) atoms. The zero-order valence-electron chi connectivity index (χ0n) is 14.8. The van der Waals surface area contributed by atoms with Crippen molar-refractivity contribution in [2.45, 2.75) is 13.0 Å². The molecule has 1 aromatic heterocycles. The summed E-state index contributed by atoms with van der Waals surface area (Å²) in [5.74, 6) is -4.07. The van der Waals surface area contributed by atoms with E-state index in [1.165, 1.54) is 17.8 Å². The first-order valence-electron chi connectivity index (χ1n) is 8.75.